The van der Waals surface area contributed by atoms with E-state index in [1.165, 1.54) is 12.1 Å². The number of hydrogen-bond acceptors (Lipinski definition) is 5. The molecule has 0 aliphatic heterocycles. The van der Waals surface area contributed by atoms with Gasteiger partial charge < -0.3 is 15.2 Å². The number of nitrogens with one attached hydrogen (secondary N) is 2. The summed E-state index contributed by atoms with van der Waals surface area (Å²) in [6.45, 7) is 3.24. The van der Waals surface area contributed by atoms with Gasteiger partial charge in [-0.25, -0.2) is 9.59 Å². The van der Waals surface area contributed by atoms with Crippen LogP contribution < -0.4 is 10.6 Å². The number of esters is 1. The number of phenolic OH excluding ortho intramolecular Hbond substituents is 1. The molecule has 0 aromatic heterocycles. The lowest BCUT2D eigenvalue weighted by Gasteiger charge is -2.29. The first-order valence-corrected chi connectivity index (χ1v) is 8.44. The van der Waals surface area contributed by atoms with Crippen LogP contribution in [0.5, 0.6) is 5.75 Å². The van der Waals surface area contributed by atoms with Crippen molar-refractivity contribution in [2.24, 2.45) is 5.92 Å². The van der Waals surface area contributed by atoms with E-state index in [-0.39, 0.29) is 17.4 Å². The number of ether oxygens (including phenoxy) is 1. The van der Waals surface area contributed by atoms with Crippen LogP contribution in [0.25, 0.3) is 0 Å². The smallest absolute Gasteiger partial charge is 0.342 e. The lowest BCUT2D eigenvalue weighted by Crippen LogP contribution is -2.48. The van der Waals surface area contributed by atoms with Gasteiger partial charge in [-0.3, -0.25) is 10.1 Å². The van der Waals surface area contributed by atoms with Crippen molar-refractivity contribution in [3.63, 3.8) is 0 Å². The Hall–Kier alpha value is -2.57. The summed E-state index contributed by atoms with van der Waals surface area (Å²) in [5, 5.41) is 14.6. The highest BCUT2D eigenvalue weighted by Crippen LogP contribution is 2.23. The fourth-order valence-electron chi connectivity index (χ4n) is 2.92. The van der Waals surface area contributed by atoms with Crippen LogP contribution in [0.4, 0.5) is 4.79 Å². The van der Waals surface area contributed by atoms with Crippen molar-refractivity contribution in [1.29, 1.82) is 0 Å². The van der Waals surface area contributed by atoms with Gasteiger partial charge in [0.25, 0.3) is 5.91 Å². The highest BCUT2D eigenvalue weighted by atomic mass is 16.5. The van der Waals surface area contributed by atoms with E-state index >= 15 is 0 Å². The van der Waals surface area contributed by atoms with Crippen molar-refractivity contribution in [3.8, 4) is 5.75 Å². The zero-order valence-corrected chi connectivity index (χ0v) is 14.5. The Morgan fingerprint density at radius 3 is 2.68 bits per heavy atom. The van der Waals surface area contributed by atoms with Crippen LogP contribution in [-0.2, 0) is 9.53 Å². The zero-order chi connectivity index (χ0) is 18.4. The third kappa shape index (κ3) is 5.48. The van der Waals surface area contributed by atoms with Gasteiger partial charge in [0, 0.05) is 6.04 Å². The first kappa shape index (κ1) is 18.8. The minimum atomic E-state index is -0.822. The Morgan fingerprint density at radius 1 is 1.24 bits per heavy atom. The Morgan fingerprint density at radius 2 is 1.96 bits per heavy atom. The maximum atomic E-state index is 11.9. The van der Waals surface area contributed by atoms with Crippen LogP contribution in [0.2, 0.25) is 0 Å². The van der Waals surface area contributed by atoms with Gasteiger partial charge in [0.1, 0.15) is 11.3 Å². The highest BCUT2D eigenvalue weighted by molar-refractivity contribution is 5.97. The zero-order valence-electron chi connectivity index (χ0n) is 14.5. The molecule has 2 rings (SSSR count). The molecule has 1 aliphatic carbocycles. The van der Waals surface area contributed by atoms with Crippen molar-refractivity contribution in [2.45, 2.75) is 45.6 Å². The molecule has 1 aliphatic rings. The van der Waals surface area contributed by atoms with E-state index in [4.69, 9.17) is 4.74 Å². The maximum Gasteiger partial charge on any atom is 0.342 e. The van der Waals surface area contributed by atoms with Crippen LogP contribution in [0.1, 0.15) is 48.5 Å². The first-order chi connectivity index (χ1) is 11.9. The lowest BCUT2D eigenvalue weighted by molar-refractivity contribution is -0.123. The van der Waals surface area contributed by atoms with Crippen molar-refractivity contribution in [2.75, 3.05) is 6.61 Å². The maximum absolute atomic E-state index is 11.9. The molecular weight excluding hydrogens is 324 g/mol. The number of benzene rings is 1. The standard InChI is InChI=1S/C18H24N2O5/c1-11-7-8-15(21)13(9-11)17(23)25-10-16(22)20-18(24)19-14-6-4-3-5-12(14)2/h7-9,12,14,21H,3-6,10H2,1-2H3,(H2,19,20,22,24)/t12-,14+/m1/s1. The van der Waals surface area contributed by atoms with E-state index in [0.717, 1.165) is 31.2 Å². The molecule has 136 valence electrons. The number of urea groups is 1. The molecule has 0 heterocycles. The second-order valence-corrected chi connectivity index (χ2v) is 6.49. The molecule has 1 aromatic rings. The van der Waals surface area contributed by atoms with Gasteiger partial charge in [-0.1, -0.05) is 31.4 Å². The van der Waals surface area contributed by atoms with Crippen LogP contribution >= 0.6 is 0 Å². The van der Waals surface area contributed by atoms with Crippen molar-refractivity contribution >= 4 is 17.9 Å². The SMILES string of the molecule is Cc1ccc(O)c(C(=O)OCC(=O)NC(=O)N[C@H]2CCCC[C@H]2C)c1. The largest absolute Gasteiger partial charge is 0.507 e. The second kappa shape index (κ2) is 8.50. The average Bonchev–Trinajstić information content (AvgIpc) is 2.57. The summed E-state index contributed by atoms with van der Waals surface area (Å²) in [4.78, 5) is 35.5. The number of rotatable bonds is 4. The fraction of sp³-hybridized carbons (Fsp3) is 0.500. The Bertz CT molecular complexity index is 659. The summed E-state index contributed by atoms with van der Waals surface area (Å²) in [5.74, 6) is -1.39. The molecule has 0 bridgehead atoms. The number of phenols is 1. The fourth-order valence-corrected chi connectivity index (χ4v) is 2.92. The molecule has 0 radical (unpaired) electrons. The van der Waals surface area contributed by atoms with Gasteiger partial charge in [0.15, 0.2) is 6.61 Å². The summed E-state index contributed by atoms with van der Waals surface area (Å²) in [6, 6.07) is 3.96. The van der Waals surface area contributed by atoms with Crippen LogP contribution in [-0.4, -0.2) is 35.7 Å². The first-order valence-electron chi connectivity index (χ1n) is 8.44. The number of aromatic hydroxyl groups is 1. The van der Waals surface area contributed by atoms with Crippen molar-refractivity contribution in [3.05, 3.63) is 29.3 Å². The van der Waals surface area contributed by atoms with Crippen molar-refractivity contribution < 1.29 is 24.2 Å². The Balaban J connectivity index is 1.79. The van der Waals surface area contributed by atoms with E-state index in [1.807, 2.05) is 0 Å². The number of carbonyl (C=O) groups is 3. The summed E-state index contributed by atoms with van der Waals surface area (Å²) in [7, 11) is 0. The number of aryl methyl sites for hydroxylation is 1. The second-order valence-electron chi connectivity index (χ2n) is 6.49. The molecule has 2 atom stereocenters. The third-order valence-electron chi connectivity index (χ3n) is 4.39. The van der Waals surface area contributed by atoms with E-state index in [2.05, 4.69) is 17.6 Å². The Kier molecular flexibility index (Phi) is 6.38. The minimum absolute atomic E-state index is 0.0201. The summed E-state index contributed by atoms with van der Waals surface area (Å²) in [5.41, 5.74) is 0.753. The van der Waals surface area contributed by atoms with Gasteiger partial charge >= 0.3 is 12.0 Å². The monoisotopic (exact) mass is 348 g/mol. The molecule has 7 heteroatoms. The summed E-state index contributed by atoms with van der Waals surface area (Å²) >= 11 is 0. The molecule has 7 nitrogen and oxygen atoms in total. The quantitative estimate of drug-likeness (QED) is 0.724. The van der Waals surface area contributed by atoms with Crippen LogP contribution in [0, 0.1) is 12.8 Å². The van der Waals surface area contributed by atoms with E-state index in [9.17, 15) is 19.5 Å². The third-order valence-corrected chi connectivity index (χ3v) is 4.39. The Labute approximate surface area is 146 Å². The number of imide groups is 1. The summed E-state index contributed by atoms with van der Waals surface area (Å²) in [6.07, 6.45) is 4.16. The number of carbonyl (C=O) groups excluding carboxylic acids is 3. The predicted octanol–water partition coefficient (Wildman–Crippen LogP) is 2.26. The van der Waals surface area contributed by atoms with Crippen molar-refractivity contribution in [1.82, 2.24) is 10.6 Å². The molecule has 0 spiro atoms. The molecule has 0 saturated heterocycles. The molecule has 3 N–H and O–H groups in total. The van der Waals surface area contributed by atoms with E-state index in [0.29, 0.717) is 5.92 Å². The van der Waals surface area contributed by atoms with Crippen LogP contribution in [0.15, 0.2) is 18.2 Å². The normalized spacial score (nSPS) is 19.8. The predicted molar refractivity (Wildman–Crippen MR) is 91.2 cm³/mol. The van der Waals surface area contributed by atoms with Gasteiger partial charge in [-0.15, -0.1) is 0 Å². The average molecular weight is 348 g/mol. The lowest BCUT2D eigenvalue weighted by atomic mass is 9.86. The van der Waals surface area contributed by atoms with Gasteiger partial charge in [-0.2, -0.15) is 0 Å². The minimum Gasteiger partial charge on any atom is -0.507 e. The molecular formula is C18H24N2O5. The number of amides is 3. The molecule has 1 aromatic carbocycles. The van der Waals surface area contributed by atoms with Gasteiger partial charge in [0.05, 0.1) is 0 Å². The molecule has 0 unspecified atom stereocenters. The van der Waals surface area contributed by atoms with Gasteiger partial charge in [-0.05, 0) is 37.8 Å². The molecule has 3 amide bonds. The van der Waals surface area contributed by atoms with Crippen LogP contribution in [0.3, 0.4) is 0 Å². The molecule has 1 saturated carbocycles. The summed E-state index contributed by atoms with van der Waals surface area (Å²) < 4.78 is 4.85. The topological polar surface area (TPSA) is 105 Å². The highest BCUT2D eigenvalue weighted by Gasteiger charge is 2.23. The van der Waals surface area contributed by atoms with E-state index < -0.39 is 24.5 Å². The van der Waals surface area contributed by atoms with E-state index in [1.54, 1.807) is 13.0 Å². The van der Waals surface area contributed by atoms with Gasteiger partial charge in [0.2, 0.25) is 0 Å². The molecule has 25 heavy (non-hydrogen) atoms. The molecule has 1 fully saturated rings. The number of hydrogen-bond donors (Lipinski definition) is 3.